The highest BCUT2D eigenvalue weighted by molar-refractivity contribution is 5.74. The van der Waals surface area contributed by atoms with Crippen LogP contribution in [0.2, 0.25) is 0 Å². The third-order valence-electron chi connectivity index (χ3n) is 5.69. The van der Waals surface area contributed by atoms with Gasteiger partial charge in [-0.25, -0.2) is 9.97 Å². The first-order valence-electron chi connectivity index (χ1n) is 9.80. The number of nitrogens with zero attached hydrogens (tertiary/aromatic N) is 3. The van der Waals surface area contributed by atoms with Crippen molar-refractivity contribution >= 4 is 17.0 Å². The Morgan fingerprint density at radius 2 is 1.96 bits per heavy atom. The van der Waals surface area contributed by atoms with Crippen LogP contribution in [0.1, 0.15) is 35.8 Å². The van der Waals surface area contributed by atoms with Crippen molar-refractivity contribution < 1.29 is 0 Å². The lowest BCUT2D eigenvalue weighted by atomic mass is 9.97. The lowest BCUT2D eigenvalue weighted by Gasteiger charge is -2.32. The molecule has 1 aromatic carbocycles. The quantitative estimate of drug-likeness (QED) is 0.644. The minimum atomic E-state index is 0.0181. The second-order valence-corrected chi connectivity index (χ2v) is 7.49. The third-order valence-corrected chi connectivity index (χ3v) is 5.69. The van der Waals surface area contributed by atoms with E-state index in [2.05, 4.69) is 26.3 Å². The lowest BCUT2D eigenvalue weighted by molar-refractivity contribution is 0.488. The molecule has 3 N–H and O–H groups in total. The van der Waals surface area contributed by atoms with Crippen LogP contribution in [-0.2, 0) is 12.8 Å². The van der Waals surface area contributed by atoms with Crippen LogP contribution >= 0.6 is 0 Å². The van der Waals surface area contributed by atoms with E-state index >= 15 is 0 Å². The second-order valence-electron chi connectivity index (χ2n) is 7.49. The van der Waals surface area contributed by atoms with Crippen LogP contribution in [0.3, 0.4) is 0 Å². The number of para-hydroxylation sites is 2. The Morgan fingerprint density at radius 3 is 2.89 bits per heavy atom. The van der Waals surface area contributed by atoms with Crippen molar-refractivity contribution in [1.82, 2.24) is 25.3 Å². The summed E-state index contributed by atoms with van der Waals surface area (Å²) in [5, 5.41) is 3.34. The molecule has 0 spiro atoms. The highest BCUT2D eigenvalue weighted by Gasteiger charge is 2.26. The van der Waals surface area contributed by atoms with Crippen molar-refractivity contribution in [3.63, 3.8) is 0 Å². The highest BCUT2D eigenvalue weighted by atomic mass is 16.1. The van der Waals surface area contributed by atoms with E-state index in [0.717, 1.165) is 80.0 Å². The molecule has 1 fully saturated rings. The maximum absolute atomic E-state index is 12.6. The van der Waals surface area contributed by atoms with Crippen LogP contribution < -0.4 is 15.8 Å². The van der Waals surface area contributed by atoms with Gasteiger partial charge in [0.05, 0.1) is 16.7 Å². The van der Waals surface area contributed by atoms with Gasteiger partial charge in [0.25, 0.3) is 5.56 Å². The van der Waals surface area contributed by atoms with Gasteiger partial charge in [0, 0.05) is 37.5 Å². The molecule has 5 rings (SSSR count). The summed E-state index contributed by atoms with van der Waals surface area (Å²) in [4.78, 5) is 30.9. The fraction of sp³-hybridized carbons (Fsp3) is 0.450. The average Bonchev–Trinajstić information content (AvgIpc) is 2.99. The Balaban J connectivity index is 1.43. The van der Waals surface area contributed by atoms with Crippen molar-refractivity contribution in [2.24, 2.45) is 0 Å². The van der Waals surface area contributed by atoms with Gasteiger partial charge in [-0.2, -0.15) is 0 Å². The SMILES string of the molecule is O=c1[nH]c(N2CCC[C@@H](c3nc4ccccc4[nH]3)C2)nc2c1CCNCC2. The predicted molar refractivity (Wildman–Crippen MR) is 105 cm³/mol. The number of anilines is 1. The molecule has 0 bridgehead atoms. The van der Waals surface area contributed by atoms with E-state index in [9.17, 15) is 4.79 Å². The van der Waals surface area contributed by atoms with E-state index < -0.39 is 0 Å². The van der Waals surface area contributed by atoms with Crippen LogP contribution in [0, 0.1) is 0 Å². The molecule has 7 heteroatoms. The molecular weight excluding hydrogens is 340 g/mol. The number of fused-ring (bicyclic) bond motifs is 2. The summed E-state index contributed by atoms with van der Waals surface area (Å²) in [5.74, 6) is 2.06. The summed E-state index contributed by atoms with van der Waals surface area (Å²) in [7, 11) is 0. The highest BCUT2D eigenvalue weighted by Crippen LogP contribution is 2.28. The number of imidazole rings is 1. The van der Waals surface area contributed by atoms with Gasteiger partial charge < -0.3 is 15.2 Å². The normalized spacial score (nSPS) is 20.4. The van der Waals surface area contributed by atoms with Gasteiger partial charge >= 0.3 is 0 Å². The van der Waals surface area contributed by atoms with Gasteiger partial charge in [0.2, 0.25) is 5.95 Å². The molecular formula is C20H24N6O. The van der Waals surface area contributed by atoms with Crippen molar-refractivity contribution in [2.75, 3.05) is 31.1 Å². The number of piperidine rings is 1. The first-order valence-corrected chi connectivity index (χ1v) is 9.80. The number of rotatable bonds is 2. The Morgan fingerprint density at radius 1 is 1.07 bits per heavy atom. The fourth-order valence-corrected chi connectivity index (χ4v) is 4.25. The van der Waals surface area contributed by atoms with Gasteiger partial charge in [0.15, 0.2) is 0 Å². The molecule has 2 aliphatic rings. The van der Waals surface area contributed by atoms with E-state index in [4.69, 9.17) is 9.97 Å². The summed E-state index contributed by atoms with van der Waals surface area (Å²) >= 11 is 0. The number of hydrogen-bond acceptors (Lipinski definition) is 5. The molecule has 0 saturated carbocycles. The summed E-state index contributed by atoms with van der Waals surface area (Å²) in [6.45, 7) is 3.45. The van der Waals surface area contributed by atoms with Gasteiger partial charge in [-0.15, -0.1) is 0 Å². The number of hydrogen-bond donors (Lipinski definition) is 3. The molecule has 1 saturated heterocycles. The van der Waals surface area contributed by atoms with E-state index in [1.54, 1.807) is 0 Å². The van der Waals surface area contributed by atoms with E-state index in [0.29, 0.717) is 11.9 Å². The van der Waals surface area contributed by atoms with E-state index in [-0.39, 0.29) is 5.56 Å². The summed E-state index contributed by atoms with van der Waals surface area (Å²) in [6, 6.07) is 8.14. The monoisotopic (exact) mass is 364 g/mol. The van der Waals surface area contributed by atoms with Crippen LogP contribution in [0.25, 0.3) is 11.0 Å². The van der Waals surface area contributed by atoms with Gasteiger partial charge in [-0.3, -0.25) is 9.78 Å². The summed E-state index contributed by atoms with van der Waals surface area (Å²) in [5.41, 5.74) is 3.89. The summed E-state index contributed by atoms with van der Waals surface area (Å²) in [6.07, 6.45) is 3.71. The molecule has 0 aliphatic carbocycles. The average molecular weight is 364 g/mol. The Kier molecular flexibility index (Phi) is 4.16. The predicted octanol–water partition coefficient (Wildman–Crippen LogP) is 1.72. The number of nitrogens with one attached hydrogen (secondary N) is 3. The summed E-state index contributed by atoms with van der Waals surface area (Å²) < 4.78 is 0. The van der Waals surface area contributed by atoms with Crippen molar-refractivity contribution in [1.29, 1.82) is 0 Å². The standard InChI is InChI=1S/C20H24N6O/c27-19-14-7-9-21-10-8-15(14)24-20(25-19)26-11-3-4-13(12-26)18-22-16-5-1-2-6-17(16)23-18/h1-2,5-6,13,21H,3-4,7-12H2,(H,22,23)(H,24,25,27)/t13-/m1/s1. The minimum absolute atomic E-state index is 0.0181. The zero-order valence-corrected chi connectivity index (χ0v) is 15.3. The molecule has 0 radical (unpaired) electrons. The maximum atomic E-state index is 12.6. The van der Waals surface area contributed by atoms with Crippen molar-refractivity contribution in [2.45, 2.75) is 31.6 Å². The van der Waals surface area contributed by atoms with Crippen LogP contribution in [0.5, 0.6) is 0 Å². The Bertz CT molecular complexity index is 990. The van der Waals surface area contributed by atoms with Gasteiger partial charge in [-0.1, -0.05) is 12.1 Å². The zero-order valence-electron chi connectivity index (χ0n) is 15.3. The van der Waals surface area contributed by atoms with Crippen LogP contribution in [-0.4, -0.2) is 46.1 Å². The molecule has 7 nitrogen and oxygen atoms in total. The molecule has 27 heavy (non-hydrogen) atoms. The second kappa shape index (κ2) is 6.81. The van der Waals surface area contributed by atoms with E-state index in [1.807, 2.05) is 18.2 Å². The molecule has 3 aromatic rings. The molecule has 0 amide bonds. The molecule has 1 atom stereocenters. The first kappa shape index (κ1) is 16.5. The molecule has 2 aromatic heterocycles. The molecule has 4 heterocycles. The molecule has 0 unspecified atom stereocenters. The zero-order chi connectivity index (χ0) is 18.2. The topological polar surface area (TPSA) is 89.7 Å². The van der Waals surface area contributed by atoms with Gasteiger partial charge in [-0.05, 0) is 37.9 Å². The van der Waals surface area contributed by atoms with Gasteiger partial charge in [0.1, 0.15) is 5.82 Å². The molecule has 2 aliphatic heterocycles. The number of H-pyrrole nitrogens is 2. The molecule has 140 valence electrons. The van der Waals surface area contributed by atoms with Crippen molar-refractivity contribution in [3.8, 4) is 0 Å². The maximum Gasteiger partial charge on any atom is 0.255 e. The number of benzene rings is 1. The third kappa shape index (κ3) is 3.12. The Labute approximate surface area is 157 Å². The van der Waals surface area contributed by atoms with Crippen molar-refractivity contribution in [3.05, 3.63) is 51.7 Å². The van der Waals surface area contributed by atoms with Crippen LogP contribution in [0.15, 0.2) is 29.1 Å². The first-order chi connectivity index (χ1) is 13.3. The smallest absolute Gasteiger partial charge is 0.255 e. The fourth-order valence-electron chi connectivity index (χ4n) is 4.25. The van der Waals surface area contributed by atoms with E-state index in [1.165, 1.54) is 0 Å². The van der Waals surface area contributed by atoms with Crippen LogP contribution in [0.4, 0.5) is 5.95 Å². The number of aromatic amines is 2. The largest absolute Gasteiger partial charge is 0.342 e. The lowest BCUT2D eigenvalue weighted by Crippen LogP contribution is -2.37. The number of aromatic nitrogens is 4. The minimum Gasteiger partial charge on any atom is -0.342 e. The Hall–Kier alpha value is -2.67.